The SMILES string of the molecule is CCOC(=O)C#Cc1ccc(-c2ccc(O)cc2)cc1. The van der Waals surface area contributed by atoms with Crippen molar-refractivity contribution in [3.8, 4) is 28.7 Å². The fourth-order valence-corrected chi connectivity index (χ4v) is 1.69. The first-order valence-corrected chi connectivity index (χ1v) is 6.27. The van der Waals surface area contributed by atoms with Crippen molar-refractivity contribution in [1.82, 2.24) is 0 Å². The third-order valence-corrected chi connectivity index (χ3v) is 2.67. The average molecular weight is 266 g/mol. The lowest BCUT2D eigenvalue weighted by molar-refractivity contribution is -0.136. The number of aromatic hydroxyl groups is 1. The van der Waals surface area contributed by atoms with Gasteiger partial charge in [-0.1, -0.05) is 30.2 Å². The number of carbonyl (C=O) groups excluding carboxylic acids is 1. The third kappa shape index (κ3) is 3.63. The van der Waals surface area contributed by atoms with E-state index < -0.39 is 5.97 Å². The fourth-order valence-electron chi connectivity index (χ4n) is 1.69. The number of hydrogen-bond acceptors (Lipinski definition) is 3. The number of esters is 1. The van der Waals surface area contributed by atoms with Crippen molar-refractivity contribution in [1.29, 1.82) is 0 Å². The van der Waals surface area contributed by atoms with Crippen LogP contribution in [0.3, 0.4) is 0 Å². The molecular formula is C17H14O3. The normalized spacial score (nSPS) is 9.45. The molecule has 0 radical (unpaired) electrons. The van der Waals surface area contributed by atoms with Crippen LogP contribution in [0.1, 0.15) is 12.5 Å². The number of phenols is 1. The molecule has 3 nitrogen and oxygen atoms in total. The minimum Gasteiger partial charge on any atom is -0.508 e. The summed E-state index contributed by atoms with van der Waals surface area (Å²) in [6.07, 6.45) is 0. The van der Waals surface area contributed by atoms with Gasteiger partial charge in [0.1, 0.15) is 5.75 Å². The largest absolute Gasteiger partial charge is 0.508 e. The Labute approximate surface area is 117 Å². The van der Waals surface area contributed by atoms with Crippen LogP contribution in [0.5, 0.6) is 5.75 Å². The van der Waals surface area contributed by atoms with Crippen LogP contribution < -0.4 is 0 Å². The lowest BCUT2D eigenvalue weighted by atomic mass is 10.0. The summed E-state index contributed by atoms with van der Waals surface area (Å²) in [7, 11) is 0. The molecule has 2 rings (SSSR count). The van der Waals surface area contributed by atoms with Gasteiger partial charge in [-0.2, -0.15) is 0 Å². The second-order valence-electron chi connectivity index (χ2n) is 4.09. The van der Waals surface area contributed by atoms with Crippen LogP contribution in [0.15, 0.2) is 48.5 Å². The summed E-state index contributed by atoms with van der Waals surface area (Å²) in [5.41, 5.74) is 2.78. The average Bonchev–Trinajstić information content (AvgIpc) is 2.47. The van der Waals surface area contributed by atoms with Gasteiger partial charge in [0.2, 0.25) is 0 Å². The lowest BCUT2D eigenvalue weighted by Gasteiger charge is -2.01. The van der Waals surface area contributed by atoms with Gasteiger partial charge in [-0.3, -0.25) is 0 Å². The van der Waals surface area contributed by atoms with Crippen LogP contribution in [0.25, 0.3) is 11.1 Å². The monoisotopic (exact) mass is 266 g/mol. The van der Waals surface area contributed by atoms with Crippen LogP contribution in [-0.4, -0.2) is 17.7 Å². The van der Waals surface area contributed by atoms with Gasteiger partial charge in [-0.05, 0) is 42.3 Å². The van der Waals surface area contributed by atoms with Crippen LogP contribution >= 0.6 is 0 Å². The molecule has 0 heterocycles. The van der Waals surface area contributed by atoms with E-state index in [2.05, 4.69) is 11.8 Å². The van der Waals surface area contributed by atoms with Crippen molar-refractivity contribution in [3.05, 3.63) is 54.1 Å². The van der Waals surface area contributed by atoms with E-state index in [9.17, 15) is 9.90 Å². The standard InChI is InChI=1S/C17H14O3/c1-2-20-17(19)12-5-13-3-6-14(7-4-13)15-8-10-16(18)11-9-15/h3-4,6-11,18H,2H2,1H3. The predicted molar refractivity (Wildman–Crippen MR) is 77.1 cm³/mol. The highest BCUT2D eigenvalue weighted by atomic mass is 16.5. The van der Waals surface area contributed by atoms with E-state index in [-0.39, 0.29) is 5.75 Å². The van der Waals surface area contributed by atoms with Gasteiger partial charge in [-0.25, -0.2) is 4.79 Å². The van der Waals surface area contributed by atoms with E-state index in [1.54, 1.807) is 19.1 Å². The molecule has 20 heavy (non-hydrogen) atoms. The van der Waals surface area contributed by atoms with E-state index in [0.717, 1.165) is 16.7 Å². The number of benzene rings is 2. The molecule has 0 saturated heterocycles. The van der Waals surface area contributed by atoms with Gasteiger partial charge >= 0.3 is 5.97 Å². The molecule has 2 aromatic carbocycles. The maximum atomic E-state index is 11.1. The molecule has 1 N–H and O–H groups in total. The third-order valence-electron chi connectivity index (χ3n) is 2.67. The summed E-state index contributed by atoms with van der Waals surface area (Å²) < 4.78 is 4.73. The lowest BCUT2D eigenvalue weighted by Crippen LogP contribution is -1.99. The molecule has 0 fully saturated rings. The van der Waals surface area contributed by atoms with Gasteiger partial charge in [0.15, 0.2) is 0 Å². The number of carbonyl (C=O) groups is 1. The van der Waals surface area contributed by atoms with Crippen LogP contribution in [-0.2, 0) is 9.53 Å². The smallest absolute Gasteiger partial charge is 0.384 e. The first kappa shape index (κ1) is 13.7. The highest BCUT2D eigenvalue weighted by molar-refractivity contribution is 5.89. The highest BCUT2D eigenvalue weighted by Gasteiger charge is 1.98. The zero-order valence-corrected chi connectivity index (χ0v) is 11.1. The predicted octanol–water partition coefficient (Wildman–Crippen LogP) is 2.97. The van der Waals surface area contributed by atoms with Crippen molar-refractivity contribution < 1.29 is 14.6 Å². The van der Waals surface area contributed by atoms with Crippen molar-refractivity contribution in [2.75, 3.05) is 6.61 Å². The van der Waals surface area contributed by atoms with Gasteiger partial charge in [-0.15, -0.1) is 0 Å². The summed E-state index contributed by atoms with van der Waals surface area (Å²) >= 11 is 0. The first-order valence-electron chi connectivity index (χ1n) is 6.27. The van der Waals surface area contributed by atoms with Gasteiger partial charge in [0, 0.05) is 11.5 Å². The zero-order chi connectivity index (χ0) is 14.4. The van der Waals surface area contributed by atoms with E-state index in [1.807, 2.05) is 36.4 Å². The molecule has 0 atom stereocenters. The topological polar surface area (TPSA) is 46.5 Å². The summed E-state index contributed by atoms with van der Waals surface area (Å²) in [6.45, 7) is 2.07. The molecule has 2 aromatic rings. The number of phenolic OH excluding ortho intramolecular Hbond substituents is 1. The zero-order valence-electron chi connectivity index (χ0n) is 11.1. The maximum absolute atomic E-state index is 11.1. The Morgan fingerprint density at radius 1 is 1.05 bits per heavy atom. The Morgan fingerprint density at radius 3 is 2.15 bits per heavy atom. The highest BCUT2D eigenvalue weighted by Crippen LogP contribution is 2.21. The van der Waals surface area contributed by atoms with E-state index in [1.165, 1.54) is 0 Å². The van der Waals surface area contributed by atoms with Crippen molar-refractivity contribution in [2.45, 2.75) is 6.92 Å². The molecule has 0 bridgehead atoms. The van der Waals surface area contributed by atoms with Gasteiger partial charge < -0.3 is 9.84 Å². The van der Waals surface area contributed by atoms with Crippen molar-refractivity contribution in [2.24, 2.45) is 0 Å². The molecule has 0 unspecified atom stereocenters. The Morgan fingerprint density at radius 2 is 1.60 bits per heavy atom. The number of rotatable bonds is 2. The molecule has 0 saturated carbocycles. The maximum Gasteiger partial charge on any atom is 0.384 e. The number of ether oxygens (including phenoxy) is 1. The van der Waals surface area contributed by atoms with E-state index >= 15 is 0 Å². The second-order valence-corrected chi connectivity index (χ2v) is 4.09. The molecular weight excluding hydrogens is 252 g/mol. The Bertz CT molecular complexity index is 643. The van der Waals surface area contributed by atoms with E-state index in [0.29, 0.717) is 6.61 Å². The molecule has 0 aliphatic rings. The van der Waals surface area contributed by atoms with Crippen LogP contribution in [0.4, 0.5) is 0 Å². The Hall–Kier alpha value is -2.73. The molecule has 0 amide bonds. The Kier molecular flexibility index (Phi) is 4.41. The first-order chi connectivity index (χ1) is 9.69. The van der Waals surface area contributed by atoms with Crippen molar-refractivity contribution >= 4 is 5.97 Å². The van der Waals surface area contributed by atoms with E-state index in [4.69, 9.17) is 4.74 Å². The summed E-state index contributed by atoms with van der Waals surface area (Å²) in [6, 6.07) is 14.5. The van der Waals surface area contributed by atoms with Gasteiger partial charge in [0.05, 0.1) is 6.61 Å². The molecule has 100 valence electrons. The second kappa shape index (κ2) is 6.44. The molecule has 0 aliphatic carbocycles. The minimum atomic E-state index is -0.518. The fraction of sp³-hybridized carbons (Fsp3) is 0.118. The molecule has 0 spiro atoms. The quantitative estimate of drug-likeness (QED) is 0.671. The van der Waals surface area contributed by atoms with Crippen LogP contribution in [0, 0.1) is 11.8 Å². The van der Waals surface area contributed by atoms with Gasteiger partial charge in [0.25, 0.3) is 0 Å². The number of hydrogen-bond donors (Lipinski definition) is 1. The summed E-state index contributed by atoms with van der Waals surface area (Å²) in [5.74, 6) is 4.90. The Balaban J connectivity index is 2.14. The molecule has 0 aliphatic heterocycles. The summed E-state index contributed by atoms with van der Waals surface area (Å²) in [4.78, 5) is 11.1. The minimum absolute atomic E-state index is 0.241. The van der Waals surface area contributed by atoms with Crippen LogP contribution in [0.2, 0.25) is 0 Å². The molecule has 3 heteroatoms. The van der Waals surface area contributed by atoms with Crippen molar-refractivity contribution in [3.63, 3.8) is 0 Å². The molecule has 0 aromatic heterocycles. The summed E-state index contributed by atoms with van der Waals surface area (Å²) in [5, 5.41) is 9.25.